The number of amides is 1. The van der Waals surface area contributed by atoms with E-state index in [9.17, 15) is 9.59 Å². The van der Waals surface area contributed by atoms with Crippen molar-refractivity contribution in [1.82, 2.24) is 5.32 Å². The predicted octanol–water partition coefficient (Wildman–Crippen LogP) is 2.51. The number of ketones is 1. The fourth-order valence-electron chi connectivity index (χ4n) is 2.30. The molecule has 98 valence electrons. The number of alkyl carbamates (subject to hydrolysis) is 1. The maximum absolute atomic E-state index is 11.8. The highest BCUT2D eigenvalue weighted by molar-refractivity contribution is 5.97. The quantitative estimate of drug-likeness (QED) is 0.767. The van der Waals surface area contributed by atoms with E-state index >= 15 is 0 Å². The van der Waals surface area contributed by atoms with Gasteiger partial charge in [-0.15, -0.1) is 0 Å². The van der Waals surface area contributed by atoms with Gasteiger partial charge in [-0.1, -0.05) is 20.8 Å². The van der Waals surface area contributed by atoms with Gasteiger partial charge in [-0.2, -0.15) is 0 Å². The molecule has 0 aliphatic heterocycles. The molecule has 1 aliphatic rings. The number of hydrogen-bond donors (Lipinski definition) is 1. The molecule has 0 spiro atoms. The van der Waals surface area contributed by atoms with Crippen molar-refractivity contribution < 1.29 is 14.3 Å². The van der Waals surface area contributed by atoms with Crippen molar-refractivity contribution in [1.29, 1.82) is 0 Å². The van der Waals surface area contributed by atoms with Crippen molar-refractivity contribution in [3.05, 3.63) is 0 Å². The molecule has 0 aromatic carbocycles. The maximum Gasteiger partial charge on any atom is 0.408 e. The molecule has 0 bridgehead atoms. The average Bonchev–Trinajstić information content (AvgIpc) is 2.11. The molecule has 1 N–H and O–H groups in total. The zero-order valence-electron chi connectivity index (χ0n) is 11.8. The van der Waals surface area contributed by atoms with Gasteiger partial charge < -0.3 is 10.1 Å². The van der Waals surface area contributed by atoms with Gasteiger partial charge >= 0.3 is 6.09 Å². The van der Waals surface area contributed by atoms with Crippen LogP contribution in [-0.4, -0.2) is 23.0 Å². The molecule has 0 aromatic heterocycles. The van der Waals surface area contributed by atoms with Crippen molar-refractivity contribution in [2.75, 3.05) is 0 Å². The van der Waals surface area contributed by atoms with Crippen molar-refractivity contribution in [3.8, 4) is 0 Å². The van der Waals surface area contributed by atoms with Gasteiger partial charge in [-0.05, 0) is 27.7 Å². The summed E-state index contributed by atoms with van der Waals surface area (Å²) in [5, 5.41) is 2.84. The number of carbonyl (C=O) groups excluding carboxylic acids is 2. The van der Waals surface area contributed by atoms with E-state index in [0.29, 0.717) is 0 Å². The largest absolute Gasteiger partial charge is 0.444 e. The first kappa shape index (κ1) is 14.0. The Morgan fingerprint density at radius 1 is 1.29 bits per heavy atom. The SMILES string of the molecule is CC1C(=O)C(C)(C)C1(C)NC(=O)OC(C)(C)C. The van der Waals surface area contributed by atoms with Crippen molar-refractivity contribution in [3.63, 3.8) is 0 Å². The lowest BCUT2D eigenvalue weighted by molar-refractivity contribution is -0.156. The standard InChI is InChI=1S/C13H23NO3/c1-8-9(15)12(5,6)13(8,7)14-10(16)17-11(2,3)4/h8H,1-7H3,(H,14,16). The van der Waals surface area contributed by atoms with E-state index in [1.807, 2.05) is 48.5 Å². The number of carbonyl (C=O) groups is 2. The Balaban J connectivity index is 2.75. The minimum Gasteiger partial charge on any atom is -0.444 e. The molecule has 4 heteroatoms. The lowest BCUT2D eigenvalue weighted by Crippen LogP contribution is -2.74. The zero-order chi connectivity index (χ0) is 13.6. The zero-order valence-corrected chi connectivity index (χ0v) is 11.8. The third kappa shape index (κ3) is 2.17. The highest BCUT2D eigenvalue weighted by Gasteiger charge is 2.63. The van der Waals surface area contributed by atoms with Crippen LogP contribution in [0.15, 0.2) is 0 Å². The van der Waals surface area contributed by atoms with Crippen LogP contribution >= 0.6 is 0 Å². The number of rotatable bonds is 1. The number of ether oxygens (including phenoxy) is 1. The summed E-state index contributed by atoms with van der Waals surface area (Å²) in [6, 6.07) is 0. The Hall–Kier alpha value is -1.06. The topological polar surface area (TPSA) is 55.4 Å². The first-order valence-electron chi connectivity index (χ1n) is 5.97. The molecule has 1 rings (SSSR count). The van der Waals surface area contributed by atoms with Crippen LogP contribution in [0.2, 0.25) is 0 Å². The Morgan fingerprint density at radius 2 is 1.76 bits per heavy atom. The molecule has 0 saturated heterocycles. The van der Waals surface area contributed by atoms with Crippen LogP contribution in [-0.2, 0) is 9.53 Å². The van der Waals surface area contributed by atoms with E-state index in [1.54, 1.807) is 0 Å². The van der Waals surface area contributed by atoms with Gasteiger partial charge in [0.1, 0.15) is 11.4 Å². The Labute approximate surface area is 103 Å². The highest BCUT2D eigenvalue weighted by Crippen LogP contribution is 2.50. The lowest BCUT2D eigenvalue weighted by atomic mass is 9.50. The lowest BCUT2D eigenvalue weighted by Gasteiger charge is -2.57. The maximum atomic E-state index is 11.8. The van der Waals surface area contributed by atoms with Gasteiger partial charge in [0.2, 0.25) is 0 Å². The Kier molecular flexibility index (Phi) is 3.06. The number of Topliss-reactive ketones (excluding diaryl/α,β-unsaturated/α-hetero) is 1. The van der Waals surface area contributed by atoms with Crippen LogP contribution in [0.1, 0.15) is 48.5 Å². The van der Waals surface area contributed by atoms with E-state index in [4.69, 9.17) is 4.74 Å². The Bertz CT molecular complexity index is 354. The first-order chi connectivity index (χ1) is 7.42. The fourth-order valence-corrected chi connectivity index (χ4v) is 2.30. The molecule has 0 aromatic rings. The van der Waals surface area contributed by atoms with Crippen LogP contribution in [0.3, 0.4) is 0 Å². The van der Waals surface area contributed by atoms with E-state index < -0.39 is 22.6 Å². The van der Waals surface area contributed by atoms with Gasteiger partial charge in [-0.25, -0.2) is 4.79 Å². The predicted molar refractivity (Wildman–Crippen MR) is 65.7 cm³/mol. The smallest absolute Gasteiger partial charge is 0.408 e. The van der Waals surface area contributed by atoms with Gasteiger partial charge in [0.15, 0.2) is 0 Å². The average molecular weight is 241 g/mol. The summed E-state index contributed by atoms with van der Waals surface area (Å²) in [6.45, 7) is 12.9. The van der Waals surface area contributed by atoms with E-state index in [2.05, 4.69) is 5.32 Å². The highest BCUT2D eigenvalue weighted by atomic mass is 16.6. The minimum absolute atomic E-state index is 0.176. The second kappa shape index (κ2) is 3.72. The van der Waals surface area contributed by atoms with Gasteiger partial charge in [-0.3, -0.25) is 4.79 Å². The van der Waals surface area contributed by atoms with Crippen LogP contribution in [0.5, 0.6) is 0 Å². The van der Waals surface area contributed by atoms with E-state index in [-0.39, 0.29) is 11.7 Å². The van der Waals surface area contributed by atoms with Crippen LogP contribution in [0.25, 0.3) is 0 Å². The van der Waals surface area contributed by atoms with Crippen LogP contribution in [0.4, 0.5) is 4.79 Å². The molecule has 1 aliphatic carbocycles. The first-order valence-corrected chi connectivity index (χ1v) is 5.97. The minimum atomic E-state index is -0.538. The number of hydrogen-bond acceptors (Lipinski definition) is 3. The monoisotopic (exact) mass is 241 g/mol. The molecule has 1 amide bonds. The molecule has 2 unspecified atom stereocenters. The van der Waals surface area contributed by atoms with E-state index in [0.717, 1.165) is 0 Å². The summed E-state index contributed by atoms with van der Waals surface area (Å²) in [4.78, 5) is 23.5. The molecule has 1 saturated carbocycles. The van der Waals surface area contributed by atoms with Gasteiger partial charge in [0, 0.05) is 11.3 Å². The number of nitrogens with one attached hydrogen (secondary N) is 1. The fraction of sp³-hybridized carbons (Fsp3) is 0.846. The molecule has 4 nitrogen and oxygen atoms in total. The third-order valence-corrected chi connectivity index (χ3v) is 3.93. The summed E-state index contributed by atoms with van der Waals surface area (Å²) in [5.74, 6) is 0.000997. The third-order valence-electron chi connectivity index (χ3n) is 3.93. The summed E-state index contributed by atoms with van der Waals surface area (Å²) >= 11 is 0. The summed E-state index contributed by atoms with van der Waals surface area (Å²) in [5.41, 5.74) is -1.60. The van der Waals surface area contributed by atoms with Gasteiger partial charge in [0.25, 0.3) is 0 Å². The molecular formula is C13H23NO3. The molecule has 17 heavy (non-hydrogen) atoms. The second-order valence-corrected chi connectivity index (χ2v) is 6.54. The van der Waals surface area contributed by atoms with Crippen molar-refractivity contribution in [2.24, 2.45) is 11.3 Å². The molecule has 1 fully saturated rings. The molecule has 2 atom stereocenters. The second-order valence-electron chi connectivity index (χ2n) is 6.54. The van der Waals surface area contributed by atoms with Crippen LogP contribution in [0, 0.1) is 11.3 Å². The van der Waals surface area contributed by atoms with Crippen molar-refractivity contribution in [2.45, 2.75) is 59.6 Å². The Morgan fingerprint density at radius 3 is 2.12 bits per heavy atom. The normalized spacial score (nSPS) is 31.7. The van der Waals surface area contributed by atoms with Crippen molar-refractivity contribution >= 4 is 11.9 Å². The van der Waals surface area contributed by atoms with E-state index in [1.165, 1.54) is 0 Å². The molecule has 0 heterocycles. The molecular weight excluding hydrogens is 218 g/mol. The molecule has 0 radical (unpaired) electrons. The van der Waals surface area contributed by atoms with Gasteiger partial charge in [0.05, 0.1) is 5.54 Å². The summed E-state index contributed by atoms with van der Waals surface area (Å²) in [6.07, 6.45) is -0.465. The van der Waals surface area contributed by atoms with Crippen LogP contribution < -0.4 is 5.32 Å². The summed E-state index contributed by atoms with van der Waals surface area (Å²) in [7, 11) is 0. The summed E-state index contributed by atoms with van der Waals surface area (Å²) < 4.78 is 5.22.